The Balaban J connectivity index is 2.25. The van der Waals surface area contributed by atoms with Crippen LogP contribution in [0.2, 0.25) is 0 Å². The van der Waals surface area contributed by atoms with E-state index in [-0.39, 0.29) is 5.92 Å². The Bertz CT molecular complexity index is 490. The first-order valence-corrected chi connectivity index (χ1v) is 6.18. The molecule has 2 N–H and O–H groups in total. The fraction of sp³-hybridized carbons (Fsp3) is 0.667. The van der Waals surface area contributed by atoms with Gasteiger partial charge >= 0.3 is 5.69 Å². The lowest BCUT2D eigenvalue weighted by atomic mass is 10.0. The van der Waals surface area contributed by atoms with Crippen LogP contribution in [0, 0.1) is 5.92 Å². The van der Waals surface area contributed by atoms with Gasteiger partial charge in [0, 0.05) is 26.3 Å². The molecule has 1 aromatic heterocycles. The lowest BCUT2D eigenvalue weighted by molar-refractivity contribution is -0.0560. The molecule has 1 aliphatic heterocycles. The first kappa shape index (κ1) is 14.0. The highest BCUT2D eigenvalue weighted by atomic mass is 16.6. The largest absolute Gasteiger partial charge is 0.390 e. The molecule has 1 aliphatic rings. The highest BCUT2D eigenvalue weighted by Gasteiger charge is 2.42. The maximum absolute atomic E-state index is 11.9. The third-order valence-corrected chi connectivity index (χ3v) is 3.37. The van der Waals surface area contributed by atoms with Crippen molar-refractivity contribution < 1.29 is 14.6 Å². The SMILES string of the molecule is CNc1ccn([C@@H]2O[C@H](COC)[C@@H](O)C2C)c(=O)n1. The normalized spacial score (nSPS) is 30.5. The maximum atomic E-state index is 11.9. The molecule has 106 valence electrons. The van der Waals surface area contributed by atoms with Crippen LogP contribution in [-0.4, -0.2) is 47.6 Å². The van der Waals surface area contributed by atoms with Crippen LogP contribution in [0.1, 0.15) is 13.2 Å². The Morgan fingerprint density at radius 3 is 2.95 bits per heavy atom. The van der Waals surface area contributed by atoms with E-state index in [1.165, 1.54) is 4.57 Å². The first-order valence-electron chi connectivity index (χ1n) is 6.18. The Labute approximate surface area is 111 Å². The maximum Gasteiger partial charge on any atom is 0.351 e. The van der Waals surface area contributed by atoms with Crippen molar-refractivity contribution >= 4 is 5.82 Å². The molecule has 19 heavy (non-hydrogen) atoms. The lowest BCUT2D eigenvalue weighted by Gasteiger charge is -2.18. The standard InChI is InChI=1S/C12H19N3O4/c1-7-10(16)8(6-18-3)19-11(7)15-5-4-9(13-2)14-12(15)17/h4-5,7-8,10-11,16H,6H2,1-3H3,(H,13,14,17)/t7?,8-,10+,11-/m1/s1. The summed E-state index contributed by atoms with van der Waals surface area (Å²) in [6, 6.07) is 1.69. The van der Waals surface area contributed by atoms with Gasteiger partial charge in [0.15, 0.2) is 0 Å². The molecular weight excluding hydrogens is 250 g/mol. The Hall–Kier alpha value is -1.44. The van der Waals surface area contributed by atoms with E-state index in [4.69, 9.17) is 9.47 Å². The molecule has 0 aliphatic carbocycles. The van der Waals surface area contributed by atoms with Gasteiger partial charge in [-0.3, -0.25) is 4.57 Å². The van der Waals surface area contributed by atoms with Crippen molar-refractivity contribution in [1.82, 2.24) is 9.55 Å². The van der Waals surface area contributed by atoms with E-state index in [1.807, 2.05) is 6.92 Å². The van der Waals surface area contributed by atoms with Crippen molar-refractivity contribution in [2.24, 2.45) is 5.92 Å². The van der Waals surface area contributed by atoms with Crippen LogP contribution in [0.25, 0.3) is 0 Å². The highest BCUT2D eigenvalue weighted by molar-refractivity contribution is 5.30. The fourth-order valence-corrected chi connectivity index (χ4v) is 2.26. The van der Waals surface area contributed by atoms with Crippen LogP contribution in [0.5, 0.6) is 0 Å². The summed E-state index contributed by atoms with van der Waals surface area (Å²) in [4.78, 5) is 15.8. The third-order valence-electron chi connectivity index (χ3n) is 3.37. The Morgan fingerprint density at radius 1 is 1.63 bits per heavy atom. The van der Waals surface area contributed by atoms with E-state index in [0.717, 1.165) is 0 Å². The van der Waals surface area contributed by atoms with Gasteiger partial charge in [-0.25, -0.2) is 4.79 Å². The van der Waals surface area contributed by atoms with Gasteiger partial charge in [0.25, 0.3) is 0 Å². The van der Waals surface area contributed by atoms with Gasteiger partial charge in [-0.2, -0.15) is 4.98 Å². The van der Waals surface area contributed by atoms with E-state index < -0.39 is 24.1 Å². The number of ether oxygens (including phenoxy) is 2. The molecule has 0 saturated carbocycles. The average Bonchev–Trinajstić information content (AvgIpc) is 2.67. The first-order chi connectivity index (χ1) is 9.08. The molecular formula is C12H19N3O4. The quantitative estimate of drug-likeness (QED) is 0.789. The predicted molar refractivity (Wildman–Crippen MR) is 69.0 cm³/mol. The van der Waals surface area contributed by atoms with Gasteiger partial charge in [-0.1, -0.05) is 6.92 Å². The molecule has 0 aromatic carbocycles. The minimum atomic E-state index is -0.666. The number of aromatic nitrogens is 2. The van der Waals surface area contributed by atoms with Gasteiger partial charge in [0.2, 0.25) is 0 Å². The van der Waals surface area contributed by atoms with Crippen LogP contribution < -0.4 is 11.0 Å². The number of hydrogen-bond donors (Lipinski definition) is 2. The zero-order chi connectivity index (χ0) is 14.0. The summed E-state index contributed by atoms with van der Waals surface area (Å²) in [6.07, 6.45) is -0.00713. The van der Waals surface area contributed by atoms with E-state index >= 15 is 0 Å². The van der Waals surface area contributed by atoms with Crippen molar-refractivity contribution in [1.29, 1.82) is 0 Å². The third kappa shape index (κ3) is 2.63. The summed E-state index contributed by atoms with van der Waals surface area (Å²) >= 11 is 0. The van der Waals surface area contributed by atoms with Gasteiger partial charge in [0.05, 0.1) is 12.7 Å². The van der Waals surface area contributed by atoms with E-state index in [1.54, 1.807) is 26.4 Å². The van der Waals surface area contributed by atoms with Crippen molar-refractivity contribution in [2.45, 2.75) is 25.4 Å². The van der Waals surface area contributed by atoms with Crippen molar-refractivity contribution in [2.75, 3.05) is 26.1 Å². The number of aliphatic hydroxyl groups excluding tert-OH is 1. The van der Waals surface area contributed by atoms with Gasteiger partial charge < -0.3 is 19.9 Å². The Morgan fingerprint density at radius 2 is 2.37 bits per heavy atom. The molecule has 4 atom stereocenters. The molecule has 1 fully saturated rings. The van der Waals surface area contributed by atoms with Gasteiger partial charge in [0.1, 0.15) is 18.1 Å². The lowest BCUT2D eigenvalue weighted by Crippen LogP contribution is -2.30. The molecule has 2 rings (SSSR count). The van der Waals surface area contributed by atoms with Crippen LogP contribution in [-0.2, 0) is 9.47 Å². The molecule has 0 bridgehead atoms. The van der Waals surface area contributed by atoms with Gasteiger partial charge in [-0.05, 0) is 6.07 Å². The molecule has 1 aromatic rings. The van der Waals surface area contributed by atoms with E-state index in [9.17, 15) is 9.90 Å². The molecule has 0 radical (unpaired) electrons. The number of anilines is 1. The number of hydrogen-bond acceptors (Lipinski definition) is 6. The van der Waals surface area contributed by atoms with Crippen LogP contribution in [0.15, 0.2) is 17.1 Å². The fourth-order valence-electron chi connectivity index (χ4n) is 2.26. The summed E-state index contributed by atoms with van der Waals surface area (Å²) in [5.74, 6) is 0.293. The van der Waals surface area contributed by atoms with Gasteiger partial charge in [-0.15, -0.1) is 0 Å². The van der Waals surface area contributed by atoms with Crippen molar-refractivity contribution in [3.05, 3.63) is 22.7 Å². The second-order valence-electron chi connectivity index (χ2n) is 4.62. The number of nitrogens with one attached hydrogen (secondary N) is 1. The van der Waals surface area contributed by atoms with Crippen LogP contribution in [0.3, 0.4) is 0 Å². The smallest absolute Gasteiger partial charge is 0.351 e. The molecule has 1 saturated heterocycles. The van der Waals surface area contributed by atoms with Crippen molar-refractivity contribution in [3.8, 4) is 0 Å². The summed E-state index contributed by atoms with van der Waals surface area (Å²) in [6.45, 7) is 2.13. The van der Waals surface area contributed by atoms with Crippen LogP contribution >= 0.6 is 0 Å². The molecule has 0 amide bonds. The second kappa shape index (κ2) is 5.68. The zero-order valence-corrected chi connectivity index (χ0v) is 11.2. The topological polar surface area (TPSA) is 85.6 Å². The Kier molecular flexibility index (Phi) is 4.18. The van der Waals surface area contributed by atoms with Crippen molar-refractivity contribution in [3.63, 3.8) is 0 Å². The summed E-state index contributed by atoms with van der Waals surface area (Å²) in [5, 5.41) is 12.9. The molecule has 1 unspecified atom stereocenters. The molecule has 0 spiro atoms. The monoisotopic (exact) mass is 269 g/mol. The molecule has 2 heterocycles. The number of aliphatic hydroxyl groups is 1. The number of nitrogens with zero attached hydrogens (tertiary/aromatic N) is 2. The zero-order valence-electron chi connectivity index (χ0n) is 11.2. The molecule has 7 heteroatoms. The van der Waals surface area contributed by atoms with E-state index in [0.29, 0.717) is 12.4 Å². The highest BCUT2D eigenvalue weighted by Crippen LogP contribution is 2.33. The summed E-state index contributed by atoms with van der Waals surface area (Å²) in [5.41, 5.74) is -0.408. The minimum absolute atomic E-state index is 0.208. The second-order valence-corrected chi connectivity index (χ2v) is 4.62. The predicted octanol–water partition coefficient (Wildman–Crippen LogP) is -0.174. The van der Waals surface area contributed by atoms with Crippen LogP contribution in [0.4, 0.5) is 5.82 Å². The minimum Gasteiger partial charge on any atom is -0.390 e. The summed E-state index contributed by atoms with van der Waals surface area (Å²) < 4.78 is 12.1. The number of methoxy groups -OCH3 is 1. The average molecular weight is 269 g/mol. The summed E-state index contributed by atoms with van der Waals surface area (Å²) in [7, 11) is 3.24. The number of rotatable bonds is 4. The van der Waals surface area contributed by atoms with E-state index in [2.05, 4.69) is 10.3 Å². The molecule has 7 nitrogen and oxygen atoms in total.